The topological polar surface area (TPSA) is 94.8 Å². The molecule has 0 aliphatic carbocycles. The predicted molar refractivity (Wildman–Crippen MR) is 101 cm³/mol. The Morgan fingerprint density at radius 2 is 1.50 bits per heavy atom. The smallest absolute Gasteiger partial charge is 0.335 e. The maximum atomic E-state index is 10.5. The lowest BCUT2D eigenvalue weighted by molar-refractivity contribution is 0.0696. The first-order chi connectivity index (χ1) is 12.3. The van der Waals surface area contributed by atoms with Crippen molar-refractivity contribution in [2.75, 3.05) is 0 Å². The first-order valence-electron chi connectivity index (χ1n) is 8.63. The van der Waals surface area contributed by atoms with Crippen LogP contribution in [0.5, 0.6) is 0 Å². The number of aliphatic hydroxyl groups is 1. The quantitative estimate of drug-likeness (QED) is 0.690. The van der Waals surface area contributed by atoms with Crippen molar-refractivity contribution in [3.63, 3.8) is 0 Å². The predicted octanol–water partition coefficient (Wildman–Crippen LogP) is 4.17. The van der Waals surface area contributed by atoms with Crippen LogP contribution >= 0.6 is 0 Å². The second-order valence-corrected chi connectivity index (χ2v) is 6.18. The number of benzene rings is 2. The first-order valence-corrected chi connectivity index (χ1v) is 8.63. The molecule has 0 radical (unpaired) electrons. The Balaban J connectivity index is 0.000000260. The van der Waals surface area contributed by atoms with Gasteiger partial charge in [0.2, 0.25) is 0 Å². The van der Waals surface area contributed by atoms with Crippen LogP contribution in [0.4, 0.5) is 0 Å². The van der Waals surface area contributed by atoms with E-state index in [9.17, 15) is 14.7 Å². The highest BCUT2D eigenvalue weighted by Crippen LogP contribution is 2.10. The molecule has 1 atom stereocenters. The molecule has 2 aromatic rings. The van der Waals surface area contributed by atoms with Crippen molar-refractivity contribution in [3.8, 4) is 0 Å². The second kappa shape index (κ2) is 11.1. The zero-order chi connectivity index (χ0) is 19.5. The molecule has 140 valence electrons. The monoisotopic (exact) mass is 358 g/mol. The molecule has 2 aromatic carbocycles. The third-order valence-electron chi connectivity index (χ3n) is 3.78. The van der Waals surface area contributed by atoms with Crippen LogP contribution in [0, 0.1) is 6.92 Å². The number of carbonyl (C=O) groups is 2. The zero-order valence-electron chi connectivity index (χ0n) is 15.2. The molecule has 5 heteroatoms. The fraction of sp³-hybridized carbons (Fsp3) is 0.333. The summed E-state index contributed by atoms with van der Waals surface area (Å²) in [5, 5.41) is 26.9. The van der Waals surface area contributed by atoms with E-state index in [2.05, 4.69) is 19.1 Å². The van der Waals surface area contributed by atoms with Crippen LogP contribution in [-0.2, 0) is 6.42 Å². The van der Waals surface area contributed by atoms with Gasteiger partial charge in [-0.2, -0.15) is 0 Å². The number of hydrogen-bond acceptors (Lipinski definition) is 3. The van der Waals surface area contributed by atoms with Crippen molar-refractivity contribution in [3.05, 3.63) is 70.8 Å². The van der Waals surface area contributed by atoms with E-state index in [-0.39, 0.29) is 17.2 Å². The number of unbranched alkanes of at least 4 members (excludes halogenated alkanes) is 1. The van der Waals surface area contributed by atoms with Crippen molar-refractivity contribution < 1.29 is 24.9 Å². The standard InChI is InChI=1S/C12H18O.C9H8O4/c1-2-3-9-12(13)10-11-7-5-4-6-8-11;1-5-2-6(8(10)11)4-7(3-5)9(12)13/h4-8,12-13H,2-3,9-10H2,1H3;2-4H,1H3,(H,10,11)(H,12,13). The highest BCUT2D eigenvalue weighted by molar-refractivity contribution is 5.94. The van der Waals surface area contributed by atoms with E-state index in [1.54, 1.807) is 6.92 Å². The summed E-state index contributed by atoms with van der Waals surface area (Å²) >= 11 is 0. The van der Waals surface area contributed by atoms with E-state index in [0.717, 1.165) is 31.7 Å². The summed E-state index contributed by atoms with van der Waals surface area (Å²) in [5.74, 6) is -2.24. The molecule has 0 saturated carbocycles. The molecule has 1 unspecified atom stereocenters. The molecule has 26 heavy (non-hydrogen) atoms. The first kappa shape index (κ1) is 21.4. The molecule has 0 aliphatic heterocycles. The maximum Gasteiger partial charge on any atom is 0.335 e. The summed E-state index contributed by atoms with van der Waals surface area (Å²) in [5.41, 5.74) is 1.85. The molecule has 0 aliphatic rings. The highest BCUT2D eigenvalue weighted by atomic mass is 16.4. The molecule has 5 nitrogen and oxygen atoms in total. The van der Waals surface area contributed by atoms with Gasteiger partial charge in [0.25, 0.3) is 0 Å². The minimum absolute atomic E-state index is 0.00241. The summed E-state index contributed by atoms with van der Waals surface area (Å²) in [7, 11) is 0. The van der Waals surface area contributed by atoms with Crippen molar-refractivity contribution in [1.29, 1.82) is 0 Å². The zero-order valence-corrected chi connectivity index (χ0v) is 15.2. The van der Waals surface area contributed by atoms with Gasteiger partial charge in [0.15, 0.2) is 0 Å². The molecular formula is C21H26O5. The number of aromatic carboxylic acids is 2. The van der Waals surface area contributed by atoms with Crippen LogP contribution < -0.4 is 0 Å². The molecule has 0 fully saturated rings. The molecule has 0 bridgehead atoms. The summed E-state index contributed by atoms with van der Waals surface area (Å²) < 4.78 is 0. The number of carboxylic acids is 2. The van der Waals surface area contributed by atoms with Gasteiger partial charge in [-0.15, -0.1) is 0 Å². The third kappa shape index (κ3) is 7.94. The highest BCUT2D eigenvalue weighted by Gasteiger charge is 2.09. The third-order valence-corrected chi connectivity index (χ3v) is 3.78. The summed E-state index contributed by atoms with van der Waals surface area (Å²) in [6.07, 6.45) is 3.83. The van der Waals surface area contributed by atoms with Gasteiger partial charge in [-0.05, 0) is 49.1 Å². The Morgan fingerprint density at radius 3 is 1.96 bits per heavy atom. The number of carboxylic acid groups (broad SMARTS) is 2. The van der Waals surface area contributed by atoms with Gasteiger partial charge in [-0.1, -0.05) is 50.1 Å². The van der Waals surface area contributed by atoms with Crippen LogP contribution in [0.2, 0.25) is 0 Å². The lowest BCUT2D eigenvalue weighted by atomic mass is 10.0. The van der Waals surface area contributed by atoms with Crippen LogP contribution in [-0.4, -0.2) is 33.4 Å². The number of aryl methyl sites for hydroxylation is 1. The van der Waals surface area contributed by atoms with E-state index < -0.39 is 11.9 Å². The van der Waals surface area contributed by atoms with Crippen LogP contribution in [0.15, 0.2) is 48.5 Å². The molecule has 0 spiro atoms. The van der Waals surface area contributed by atoms with E-state index in [4.69, 9.17) is 10.2 Å². The fourth-order valence-electron chi connectivity index (χ4n) is 2.46. The van der Waals surface area contributed by atoms with Gasteiger partial charge in [0.1, 0.15) is 0 Å². The summed E-state index contributed by atoms with van der Waals surface area (Å²) in [4.78, 5) is 21.1. The Labute approximate surface area is 153 Å². The summed E-state index contributed by atoms with van der Waals surface area (Å²) in [6, 6.07) is 14.2. The normalized spacial score (nSPS) is 11.2. The molecule has 3 N–H and O–H groups in total. The average Bonchev–Trinajstić information content (AvgIpc) is 2.60. The molecular weight excluding hydrogens is 332 g/mol. The summed E-state index contributed by atoms with van der Waals surface area (Å²) in [6.45, 7) is 3.80. The Hall–Kier alpha value is -2.66. The molecule has 0 amide bonds. The molecule has 2 rings (SSSR count). The van der Waals surface area contributed by atoms with Gasteiger partial charge in [0, 0.05) is 0 Å². The Bertz CT molecular complexity index is 677. The van der Waals surface area contributed by atoms with Crippen molar-refractivity contribution in [2.24, 2.45) is 0 Å². The van der Waals surface area contributed by atoms with Gasteiger partial charge in [0.05, 0.1) is 17.2 Å². The molecule has 0 aromatic heterocycles. The minimum Gasteiger partial charge on any atom is -0.478 e. The van der Waals surface area contributed by atoms with E-state index >= 15 is 0 Å². The number of rotatable bonds is 7. The van der Waals surface area contributed by atoms with Crippen molar-refractivity contribution >= 4 is 11.9 Å². The van der Waals surface area contributed by atoms with Crippen molar-refractivity contribution in [2.45, 2.75) is 45.6 Å². The lowest BCUT2D eigenvalue weighted by Crippen LogP contribution is -2.09. The number of hydrogen-bond donors (Lipinski definition) is 3. The molecule has 0 heterocycles. The van der Waals surface area contributed by atoms with Gasteiger partial charge in [-0.3, -0.25) is 0 Å². The van der Waals surface area contributed by atoms with E-state index in [1.807, 2.05) is 18.2 Å². The van der Waals surface area contributed by atoms with Crippen LogP contribution in [0.25, 0.3) is 0 Å². The largest absolute Gasteiger partial charge is 0.478 e. The van der Waals surface area contributed by atoms with Gasteiger partial charge < -0.3 is 15.3 Å². The van der Waals surface area contributed by atoms with E-state index in [0.29, 0.717) is 5.56 Å². The average molecular weight is 358 g/mol. The maximum absolute atomic E-state index is 10.5. The van der Waals surface area contributed by atoms with E-state index in [1.165, 1.54) is 17.7 Å². The second-order valence-electron chi connectivity index (χ2n) is 6.18. The Kier molecular flexibility index (Phi) is 9.09. The van der Waals surface area contributed by atoms with Crippen molar-refractivity contribution in [1.82, 2.24) is 0 Å². The van der Waals surface area contributed by atoms with Crippen LogP contribution in [0.1, 0.15) is 58.0 Å². The Morgan fingerprint density at radius 1 is 0.962 bits per heavy atom. The fourth-order valence-corrected chi connectivity index (χ4v) is 2.46. The van der Waals surface area contributed by atoms with Crippen LogP contribution in [0.3, 0.4) is 0 Å². The molecule has 0 saturated heterocycles. The lowest BCUT2D eigenvalue weighted by Gasteiger charge is -2.09. The van der Waals surface area contributed by atoms with Gasteiger partial charge >= 0.3 is 11.9 Å². The number of aliphatic hydroxyl groups excluding tert-OH is 1. The SMILES string of the molecule is CCCCC(O)Cc1ccccc1.Cc1cc(C(=O)O)cc(C(=O)O)c1. The van der Waals surface area contributed by atoms with Gasteiger partial charge in [-0.25, -0.2) is 9.59 Å². The minimum atomic E-state index is -1.12.